The van der Waals surface area contributed by atoms with Gasteiger partial charge in [0.2, 0.25) is 0 Å². The molecule has 0 N–H and O–H groups in total. The number of allylic oxidation sites excluding steroid dienone is 4. The zero-order chi connectivity index (χ0) is 9.14. The second kappa shape index (κ2) is 4.08. The lowest BCUT2D eigenvalue weighted by Crippen LogP contribution is -2.08. The Kier molecular flexibility index (Phi) is 3.33. The summed E-state index contributed by atoms with van der Waals surface area (Å²) in [5, 5.41) is 0. The molecule has 0 saturated heterocycles. The van der Waals surface area contributed by atoms with Gasteiger partial charge in [0.05, 0.1) is 8.80 Å². The van der Waals surface area contributed by atoms with Gasteiger partial charge in [0.15, 0.2) is 0 Å². The average molecular weight is 179 g/mol. The molecule has 1 radical (unpaired) electrons. The summed E-state index contributed by atoms with van der Waals surface area (Å²) < 4.78 is 0. The van der Waals surface area contributed by atoms with E-state index in [2.05, 4.69) is 39.1 Å². The average Bonchev–Trinajstić information content (AvgIpc) is 2.32. The van der Waals surface area contributed by atoms with Crippen molar-refractivity contribution in [2.45, 2.75) is 45.3 Å². The van der Waals surface area contributed by atoms with E-state index >= 15 is 0 Å². The van der Waals surface area contributed by atoms with E-state index in [1.54, 1.807) is 11.1 Å². The third-order valence-corrected chi connectivity index (χ3v) is 4.31. The standard InChI is InChI=1S/C11H19Si/c1-5-6-10-7-9(2)11(8-10)12(3)4/h7-8,11H,5-6H2,1-4H3. The topological polar surface area (TPSA) is 0 Å². The van der Waals surface area contributed by atoms with Crippen molar-refractivity contribution < 1.29 is 0 Å². The van der Waals surface area contributed by atoms with E-state index in [4.69, 9.17) is 0 Å². The SMILES string of the molecule is CCCC1=CC([Si](C)C)C(C)=C1. The van der Waals surface area contributed by atoms with Gasteiger partial charge >= 0.3 is 0 Å². The summed E-state index contributed by atoms with van der Waals surface area (Å²) in [5.41, 5.74) is 3.99. The predicted octanol–water partition coefficient (Wildman–Crippen LogP) is 3.80. The molecule has 0 bridgehead atoms. The van der Waals surface area contributed by atoms with Crippen LogP contribution in [0.5, 0.6) is 0 Å². The van der Waals surface area contributed by atoms with Crippen LogP contribution in [0.1, 0.15) is 26.7 Å². The molecule has 0 spiro atoms. The first-order chi connectivity index (χ1) is 5.65. The van der Waals surface area contributed by atoms with Crippen molar-refractivity contribution in [3.8, 4) is 0 Å². The largest absolute Gasteiger partial charge is 0.0771 e. The highest BCUT2D eigenvalue weighted by Gasteiger charge is 2.18. The monoisotopic (exact) mass is 179 g/mol. The molecular formula is C11H19Si. The van der Waals surface area contributed by atoms with Gasteiger partial charge in [-0.3, -0.25) is 0 Å². The molecule has 1 rings (SSSR count). The smallest absolute Gasteiger partial charge is 0.0543 e. The Balaban J connectivity index is 2.65. The number of rotatable bonds is 3. The van der Waals surface area contributed by atoms with Crippen LogP contribution in [0, 0.1) is 0 Å². The summed E-state index contributed by atoms with van der Waals surface area (Å²) in [6.07, 6.45) is 7.43. The van der Waals surface area contributed by atoms with E-state index in [0.717, 1.165) is 5.54 Å². The maximum absolute atomic E-state index is 2.49. The lowest BCUT2D eigenvalue weighted by Gasteiger charge is -2.11. The minimum Gasteiger partial charge on any atom is -0.0771 e. The lowest BCUT2D eigenvalue weighted by atomic mass is 10.2. The van der Waals surface area contributed by atoms with Gasteiger partial charge in [-0.05, 0) is 18.9 Å². The summed E-state index contributed by atoms with van der Waals surface area (Å²) in [4.78, 5) is 0. The third-order valence-electron chi connectivity index (χ3n) is 2.45. The molecule has 0 nitrogen and oxygen atoms in total. The molecule has 1 atom stereocenters. The van der Waals surface area contributed by atoms with Crippen LogP contribution in [0.3, 0.4) is 0 Å². The van der Waals surface area contributed by atoms with E-state index in [9.17, 15) is 0 Å². The van der Waals surface area contributed by atoms with Gasteiger partial charge in [0.1, 0.15) is 0 Å². The highest BCUT2D eigenvalue weighted by molar-refractivity contribution is 6.59. The molecular weight excluding hydrogens is 160 g/mol. The molecule has 0 fully saturated rings. The highest BCUT2D eigenvalue weighted by atomic mass is 28.3. The van der Waals surface area contributed by atoms with Crippen LogP contribution in [-0.4, -0.2) is 8.80 Å². The molecule has 0 amide bonds. The fraction of sp³-hybridized carbons (Fsp3) is 0.636. The minimum atomic E-state index is -0.156. The Morgan fingerprint density at radius 2 is 2.08 bits per heavy atom. The van der Waals surface area contributed by atoms with Gasteiger partial charge in [0, 0.05) is 0 Å². The maximum atomic E-state index is 2.49. The molecule has 0 aromatic carbocycles. The van der Waals surface area contributed by atoms with Crippen LogP contribution in [0.4, 0.5) is 0 Å². The Morgan fingerprint density at radius 3 is 2.50 bits per heavy atom. The fourth-order valence-corrected chi connectivity index (χ4v) is 3.38. The van der Waals surface area contributed by atoms with E-state index in [0.29, 0.717) is 0 Å². The second-order valence-electron chi connectivity index (χ2n) is 3.93. The van der Waals surface area contributed by atoms with Crippen molar-refractivity contribution in [1.82, 2.24) is 0 Å². The lowest BCUT2D eigenvalue weighted by molar-refractivity contribution is 0.927. The molecule has 67 valence electrons. The number of hydrogen-bond donors (Lipinski definition) is 0. The maximum Gasteiger partial charge on any atom is 0.0543 e. The van der Waals surface area contributed by atoms with E-state index in [1.807, 2.05) is 0 Å². The van der Waals surface area contributed by atoms with Gasteiger partial charge < -0.3 is 0 Å². The summed E-state index contributed by atoms with van der Waals surface area (Å²) in [7, 11) is -0.156. The van der Waals surface area contributed by atoms with Crippen molar-refractivity contribution in [3.63, 3.8) is 0 Å². The molecule has 12 heavy (non-hydrogen) atoms. The zero-order valence-corrected chi connectivity index (χ0v) is 9.65. The molecule has 0 heterocycles. The van der Waals surface area contributed by atoms with Crippen LogP contribution in [0.25, 0.3) is 0 Å². The van der Waals surface area contributed by atoms with Gasteiger partial charge in [-0.25, -0.2) is 0 Å². The Labute approximate surface area is 78.0 Å². The first kappa shape index (κ1) is 9.78. The third kappa shape index (κ3) is 2.10. The van der Waals surface area contributed by atoms with Crippen molar-refractivity contribution in [3.05, 3.63) is 23.3 Å². The predicted molar refractivity (Wildman–Crippen MR) is 58.0 cm³/mol. The summed E-state index contributed by atoms with van der Waals surface area (Å²) in [5.74, 6) is 0. The van der Waals surface area contributed by atoms with E-state index < -0.39 is 0 Å². The van der Waals surface area contributed by atoms with Crippen LogP contribution >= 0.6 is 0 Å². The second-order valence-corrected chi connectivity index (χ2v) is 6.71. The van der Waals surface area contributed by atoms with E-state index in [-0.39, 0.29) is 8.80 Å². The van der Waals surface area contributed by atoms with Crippen LogP contribution < -0.4 is 0 Å². The molecule has 0 aliphatic heterocycles. The molecule has 0 aromatic rings. The molecule has 1 heteroatoms. The van der Waals surface area contributed by atoms with Crippen molar-refractivity contribution >= 4 is 8.80 Å². The number of hydrogen-bond acceptors (Lipinski definition) is 0. The van der Waals surface area contributed by atoms with Gasteiger partial charge in [0.25, 0.3) is 0 Å². The van der Waals surface area contributed by atoms with Crippen molar-refractivity contribution in [2.75, 3.05) is 0 Å². The normalized spacial score (nSPS) is 22.9. The highest BCUT2D eigenvalue weighted by Crippen LogP contribution is 2.33. The van der Waals surface area contributed by atoms with Gasteiger partial charge in [-0.15, -0.1) is 0 Å². The van der Waals surface area contributed by atoms with E-state index in [1.165, 1.54) is 12.8 Å². The van der Waals surface area contributed by atoms with Crippen LogP contribution in [0.15, 0.2) is 23.3 Å². The van der Waals surface area contributed by atoms with Gasteiger partial charge in [-0.2, -0.15) is 0 Å². The first-order valence-electron chi connectivity index (χ1n) is 4.84. The van der Waals surface area contributed by atoms with Crippen LogP contribution in [-0.2, 0) is 0 Å². The Bertz CT molecular complexity index is 211. The molecule has 1 aliphatic carbocycles. The Hall–Kier alpha value is -0.303. The molecule has 0 saturated carbocycles. The molecule has 1 aliphatic rings. The van der Waals surface area contributed by atoms with Gasteiger partial charge in [-0.1, -0.05) is 49.7 Å². The summed E-state index contributed by atoms with van der Waals surface area (Å²) >= 11 is 0. The summed E-state index contributed by atoms with van der Waals surface area (Å²) in [6, 6.07) is 0. The molecule has 0 aromatic heterocycles. The molecule has 1 unspecified atom stereocenters. The summed E-state index contributed by atoms with van der Waals surface area (Å²) in [6.45, 7) is 9.33. The Morgan fingerprint density at radius 1 is 1.42 bits per heavy atom. The minimum absolute atomic E-state index is 0.156. The fourth-order valence-electron chi connectivity index (χ4n) is 1.84. The quantitative estimate of drug-likeness (QED) is 0.578. The first-order valence-corrected chi connectivity index (χ1v) is 7.41. The zero-order valence-electron chi connectivity index (χ0n) is 8.65. The van der Waals surface area contributed by atoms with Crippen molar-refractivity contribution in [2.24, 2.45) is 0 Å². The van der Waals surface area contributed by atoms with Crippen LogP contribution in [0.2, 0.25) is 18.6 Å². The van der Waals surface area contributed by atoms with Crippen molar-refractivity contribution in [1.29, 1.82) is 0 Å².